The Balaban J connectivity index is 1.65. The first kappa shape index (κ1) is 15.0. The lowest BCUT2D eigenvalue weighted by molar-refractivity contribution is 0.208. The Bertz CT molecular complexity index is 956. The summed E-state index contributed by atoms with van der Waals surface area (Å²) in [6.07, 6.45) is 5.39. The van der Waals surface area contributed by atoms with Crippen LogP contribution in [-0.4, -0.2) is 29.5 Å². The van der Waals surface area contributed by atoms with Crippen LogP contribution < -0.4 is 0 Å². The molecule has 0 radical (unpaired) electrons. The molecule has 1 N–H and O–H groups in total. The van der Waals surface area contributed by atoms with Gasteiger partial charge in [0.15, 0.2) is 0 Å². The zero-order chi connectivity index (χ0) is 16.5. The van der Waals surface area contributed by atoms with E-state index < -0.39 is 6.10 Å². The van der Waals surface area contributed by atoms with Crippen molar-refractivity contribution in [3.8, 4) is 0 Å². The van der Waals surface area contributed by atoms with Crippen molar-refractivity contribution in [3.63, 3.8) is 0 Å². The predicted octanol–water partition coefficient (Wildman–Crippen LogP) is 2.68. The van der Waals surface area contributed by atoms with Crippen molar-refractivity contribution < 1.29 is 5.11 Å². The molecule has 0 bridgehead atoms. The summed E-state index contributed by atoms with van der Waals surface area (Å²) in [5.41, 5.74) is 2.53. The van der Waals surface area contributed by atoms with Gasteiger partial charge in [-0.05, 0) is 12.0 Å². The van der Waals surface area contributed by atoms with E-state index in [0.29, 0.717) is 12.2 Å². The number of hydrogen-bond acceptors (Lipinski definition) is 5. The number of hydrogen-bond donors (Lipinski definition) is 1. The van der Waals surface area contributed by atoms with Crippen molar-refractivity contribution in [2.75, 3.05) is 0 Å². The van der Waals surface area contributed by atoms with E-state index in [0.717, 1.165) is 27.4 Å². The molecule has 1 unspecified atom stereocenters. The van der Waals surface area contributed by atoms with E-state index in [2.05, 4.69) is 22.2 Å². The molecule has 1 atom stereocenters. The molecule has 0 spiro atoms. The lowest BCUT2D eigenvalue weighted by atomic mass is 10.1. The van der Waals surface area contributed by atoms with Crippen LogP contribution in [-0.2, 0) is 13.0 Å². The van der Waals surface area contributed by atoms with Gasteiger partial charge in [0.05, 0.1) is 24.6 Å². The third-order valence-electron chi connectivity index (χ3n) is 3.98. The molecule has 0 aliphatic carbocycles. The molecule has 3 aromatic heterocycles. The summed E-state index contributed by atoms with van der Waals surface area (Å²) in [6.45, 7) is 2.71. The number of fused-ring (bicyclic) bond motifs is 1. The minimum Gasteiger partial charge on any atom is -0.380 e. The van der Waals surface area contributed by atoms with E-state index in [-0.39, 0.29) is 0 Å². The van der Waals surface area contributed by atoms with Gasteiger partial charge in [0, 0.05) is 4.88 Å². The summed E-state index contributed by atoms with van der Waals surface area (Å²) in [5.74, 6) is 0. The van der Waals surface area contributed by atoms with Gasteiger partial charge in [0.2, 0.25) is 0 Å². The highest BCUT2D eigenvalue weighted by Crippen LogP contribution is 2.31. The summed E-state index contributed by atoms with van der Waals surface area (Å²) in [5, 5.41) is 19.2. The molecular weight excluding hydrogens is 322 g/mol. The third-order valence-corrected chi connectivity index (χ3v) is 5.24. The molecule has 7 heteroatoms. The molecule has 0 saturated heterocycles. The first-order chi connectivity index (χ1) is 11.8. The van der Waals surface area contributed by atoms with Crippen LogP contribution in [0.4, 0.5) is 0 Å². The summed E-state index contributed by atoms with van der Waals surface area (Å²) < 4.78 is 3.68. The molecule has 3 heterocycles. The van der Waals surface area contributed by atoms with Crippen molar-refractivity contribution in [2.24, 2.45) is 0 Å². The number of aromatic nitrogens is 5. The molecule has 1 aromatic carbocycles. The van der Waals surface area contributed by atoms with E-state index in [1.807, 2.05) is 40.9 Å². The highest BCUT2D eigenvalue weighted by molar-refractivity contribution is 7.17. The number of imidazole rings is 1. The first-order valence-corrected chi connectivity index (χ1v) is 8.63. The minimum atomic E-state index is -0.813. The molecule has 0 amide bonds. The van der Waals surface area contributed by atoms with Gasteiger partial charge in [-0.15, -0.1) is 16.4 Å². The third kappa shape index (κ3) is 2.61. The zero-order valence-electron chi connectivity index (χ0n) is 13.2. The molecule has 0 saturated carbocycles. The summed E-state index contributed by atoms with van der Waals surface area (Å²) in [6, 6.07) is 10.1. The van der Waals surface area contributed by atoms with Crippen LogP contribution in [0.15, 0.2) is 49.1 Å². The summed E-state index contributed by atoms with van der Waals surface area (Å²) in [7, 11) is 0. The predicted molar refractivity (Wildman–Crippen MR) is 92.1 cm³/mol. The summed E-state index contributed by atoms with van der Waals surface area (Å²) >= 11 is 1.65. The smallest absolute Gasteiger partial charge is 0.141 e. The number of aliphatic hydroxyl groups excluding tert-OH is 1. The van der Waals surface area contributed by atoms with Gasteiger partial charge >= 0.3 is 0 Å². The standard InChI is InChI=1S/C17H17N5OS/c1-2-14-16(22-11-18-8-15(22)24-14)17(23)13-10-21(20-19-13)9-12-6-4-3-5-7-12/h3-8,10-11,17,23H,2,9H2,1H3. The van der Waals surface area contributed by atoms with Gasteiger partial charge in [-0.2, -0.15) is 0 Å². The highest BCUT2D eigenvalue weighted by Gasteiger charge is 2.23. The topological polar surface area (TPSA) is 68.2 Å². The van der Waals surface area contributed by atoms with Gasteiger partial charge in [-0.1, -0.05) is 42.5 Å². The van der Waals surface area contributed by atoms with Crippen LogP contribution in [0.2, 0.25) is 0 Å². The Morgan fingerprint density at radius 3 is 2.88 bits per heavy atom. The van der Waals surface area contributed by atoms with Crippen LogP contribution in [0.25, 0.3) is 4.83 Å². The van der Waals surface area contributed by atoms with Crippen molar-refractivity contribution in [1.29, 1.82) is 0 Å². The van der Waals surface area contributed by atoms with E-state index in [1.54, 1.807) is 28.5 Å². The van der Waals surface area contributed by atoms with Gasteiger partial charge in [-0.25, -0.2) is 9.67 Å². The van der Waals surface area contributed by atoms with Crippen LogP contribution in [0, 0.1) is 0 Å². The highest BCUT2D eigenvalue weighted by atomic mass is 32.1. The Labute approximate surface area is 143 Å². The fourth-order valence-electron chi connectivity index (χ4n) is 2.82. The molecule has 4 aromatic rings. The number of aryl methyl sites for hydroxylation is 1. The molecular formula is C17H17N5OS. The fourth-order valence-corrected chi connectivity index (χ4v) is 3.88. The number of benzene rings is 1. The molecule has 0 fully saturated rings. The zero-order valence-corrected chi connectivity index (χ0v) is 14.0. The molecule has 0 aliphatic heterocycles. The molecule has 122 valence electrons. The largest absolute Gasteiger partial charge is 0.380 e. The van der Waals surface area contributed by atoms with Crippen molar-refractivity contribution in [1.82, 2.24) is 24.4 Å². The fraction of sp³-hybridized carbons (Fsp3) is 0.235. The lowest BCUT2D eigenvalue weighted by Crippen LogP contribution is -2.06. The minimum absolute atomic E-state index is 0.550. The molecule has 6 nitrogen and oxygen atoms in total. The van der Waals surface area contributed by atoms with Crippen molar-refractivity contribution in [3.05, 3.63) is 70.9 Å². The molecule has 0 aliphatic rings. The maximum atomic E-state index is 10.8. The van der Waals surface area contributed by atoms with Crippen LogP contribution in [0.1, 0.15) is 34.9 Å². The average Bonchev–Trinajstić information content (AvgIpc) is 3.30. The summed E-state index contributed by atoms with van der Waals surface area (Å²) in [4.78, 5) is 6.32. The number of aliphatic hydroxyl groups is 1. The molecule has 4 rings (SSSR count). The SMILES string of the molecule is CCc1sc2cncn2c1C(O)c1cn(Cc2ccccc2)nn1. The average molecular weight is 339 g/mol. The second kappa shape index (κ2) is 6.18. The second-order valence-electron chi connectivity index (χ2n) is 5.60. The quantitative estimate of drug-likeness (QED) is 0.607. The van der Waals surface area contributed by atoms with E-state index >= 15 is 0 Å². The normalized spacial score (nSPS) is 12.8. The van der Waals surface area contributed by atoms with E-state index in [1.165, 1.54) is 0 Å². The number of nitrogens with zero attached hydrogens (tertiary/aromatic N) is 5. The van der Waals surface area contributed by atoms with Gasteiger partial charge < -0.3 is 5.11 Å². The van der Waals surface area contributed by atoms with Crippen LogP contribution >= 0.6 is 11.3 Å². The molecule has 24 heavy (non-hydrogen) atoms. The van der Waals surface area contributed by atoms with Gasteiger partial charge in [-0.3, -0.25) is 4.40 Å². The van der Waals surface area contributed by atoms with E-state index in [9.17, 15) is 5.11 Å². The van der Waals surface area contributed by atoms with Crippen molar-refractivity contribution >= 4 is 16.2 Å². The Morgan fingerprint density at radius 2 is 2.08 bits per heavy atom. The Kier molecular flexibility index (Phi) is 3.87. The second-order valence-corrected chi connectivity index (χ2v) is 6.71. The van der Waals surface area contributed by atoms with E-state index in [4.69, 9.17) is 0 Å². The number of rotatable bonds is 5. The maximum absolute atomic E-state index is 10.8. The van der Waals surface area contributed by atoms with Crippen LogP contribution in [0.3, 0.4) is 0 Å². The Hall–Kier alpha value is -2.51. The maximum Gasteiger partial charge on any atom is 0.141 e. The number of thiazole rings is 1. The first-order valence-electron chi connectivity index (χ1n) is 7.82. The van der Waals surface area contributed by atoms with Gasteiger partial charge in [0.1, 0.15) is 23.0 Å². The van der Waals surface area contributed by atoms with Gasteiger partial charge in [0.25, 0.3) is 0 Å². The monoisotopic (exact) mass is 339 g/mol. The lowest BCUT2D eigenvalue weighted by Gasteiger charge is -2.08. The Morgan fingerprint density at radius 1 is 1.25 bits per heavy atom. The van der Waals surface area contributed by atoms with Crippen LogP contribution in [0.5, 0.6) is 0 Å². The van der Waals surface area contributed by atoms with Crippen molar-refractivity contribution in [2.45, 2.75) is 26.0 Å².